The first kappa shape index (κ1) is 23.5. The predicted molar refractivity (Wildman–Crippen MR) is 130 cm³/mol. The minimum Gasteiger partial charge on any atom is -0.497 e. The molecule has 0 spiro atoms. The molecule has 1 saturated heterocycles. The van der Waals surface area contributed by atoms with Crippen molar-refractivity contribution in [1.29, 1.82) is 0 Å². The Morgan fingerprint density at radius 1 is 1.06 bits per heavy atom. The van der Waals surface area contributed by atoms with Crippen LogP contribution in [0.3, 0.4) is 0 Å². The average molecular weight is 454 g/mol. The van der Waals surface area contributed by atoms with Gasteiger partial charge in [0.1, 0.15) is 5.75 Å². The van der Waals surface area contributed by atoms with E-state index in [0.717, 1.165) is 28.5 Å². The fourth-order valence-electron chi connectivity index (χ4n) is 3.93. The number of hydrogen-bond acceptors (Lipinski definition) is 4. The van der Waals surface area contributed by atoms with Crippen molar-refractivity contribution in [1.82, 2.24) is 4.90 Å². The van der Waals surface area contributed by atoms with E-state index in [-0.39, 0.29) is 24.3 Å². The highest BCUT2D eigenvalue weighted by atomic mass is 28.3. The maximum atomic E-state index is 13.0. The first-order valence-corrected chi connectivity index (χ1v) is 14.3. The van der Waals surface area contributed by atoms with Gasteiger partial charge in [0, 0.05) is 25.5 Å². The number of hydrogen-bond donors (Lipinski definition) is 2. The van der Waals surface area contributed by atoms with Gasteiger partial charge in [-0.05, 0) is 30.2 Å². The molecule has 0 aromatic heterocycles. The van der Waals surface area contributed by atoms with Gasteiger partial charge in [-0.3, -0.25) is 14.4 Å². The van der Waals surface area contributed by atoms with Crippen molar-refractivity contribution in [3.8, 4) is 16.9 Å². The monoisotopic (exact) mass is 453 g/mol. The Kier molecular flexibility index (Phi) is 7.03. The Hall–Kier alpha value is -3.13. The minimum atomic E-state index is -1.83. The molecule has 0 aliphatic carbocycles. The number of nitrogens with one attached hydrogen (secondary N) is 2. The molecule has 7 nitrogen and oxygen atoms in total. The van der Waals surface area contributed by atoms with Crippen molar-refractivity contribution in [2.24, 2.45) is 0 Å². The molecular weight excluding hydrogens is 422 g/mol. The summed E-state index contributed by atoms with van der Waals surface area (Å²) in [5.74, 6) is 0.221. The van der Waals surface area contributed by atoms with Crippen LogP contribution in [0.25, 0.3) is 11.1 Å². The lowest BCUT2D eigenvalue weighted by molar-refractivity contribution is -0.131. The molecule has 2 aromatic carbocycles. The Bertz CT molecular complexity index is 1030. The quantitative estimate of drug-likeness (QED) is 0.629. The molecule has 170 valence electrons. The van der Waals surface area contributed by atoms with Gasteiger partial charge in [-0.1, -0.05) is 43.0 Å². The van der Waals surface area contributed by atoms with Gasteiger partial charge in [0.2, 0.25) is 17.7 Å². The second kappa shape index (κ2) is 9.56. The van der Waals surface area contributed by atoms with Gasteiger partial charge in [0.05, 0.1) is 33.1 Å². The van der Waals surface area contributed by atoms with Crippen molar-refractivity contribution in [3.63, 3.8) is 0 Å². The number of methoxy groups -OCH3 is 1. The number of carbonyl (C=O) groups excluding carboxylic acids is 3. The fraction of sp³-hybridized carbons (Fsp3) is 0.375. The van der Waals surface area contributed by atoms with Crippen LogP contribution in [0.15, 0.2) is 36.4 Å². The molecule has 2 N–H and O–H groups in total. The Morgan fingerprint density at radius 2 is 1.75 bits per heavy atom. The Labute approximate surface area is 190 Å². The zero-order valence-electron chi connectivity index (χ0n) is 19.4. The number of carbonyl (C=O) groups is 3. The highest BCUT2D eigenvalue weighted by Crippen LogP contribution is 2.36. The van der Waals surface area contributed by atoms with Gasteiger partial charge in [0.15, 0.2) is 0 Å². The van der Waals surface area contributed by atoms with E-state index in [0.29, 0.717) is 24.3 Å². The third-order valence-corrected chi connectivity index (χ3v) is 7.51. The summed E-state index contributed by atoms with van der Waals surface area (Å²) in [6.07, 6.45) is 1.25. The Morgan fingerprint density at radius 3 is 2.28 bits per heavy atom. The lowest BCUT2D eigenvalue weighted by Gasteiger charge is -2.26. The molecule has 3 amide bonds. The molecule has 0 atom stereocenters. The van der Waals surface area contributed by atoms with E-state index in [9.17, 15) is 14.4 Å². The van der Waals surface area contributed by atoms with E-state index in [4.69, 9.17) is 4.74 Å². The second-order valence-corrected chi connectivity index (χ2v) is 14.1. The van der Waals surface area contributed by atoms with Crippen LogP contribution in [0.1, 0.15) is 19.8 Å². The first-order chi connectivity index (χ1) is 15.1. The standard InChI is InChI=1S/C24H31N3O4Si/c1-16(28)25-19-12-13-20(32(3,4)5)23(17-8-10-18(31-2)11-9-17)24(19)26-21(29)15-27-14-6-7-22(27)30/h8-13H,6-7,14-15H2,1-5H3,(H,25,28)(H,26,29). The summed E-state index contributed by atoms with van der Waals surface area (Å²) in [7, 11) is -0.218. The molecule has 1 fully saturated rings. The smallest absolute Gasteiger partial charge is 0.244 e. The summed E-state index contributed by atoms with van der Waals surface area (Å²) in [6.45, 7) is 8.74. The van der Waals surface area contributed by atoms with Crippen molar-refractivity contribution in [2.45, 2.75) is 39.4 Å². The summed E-state index contributed by atoms with van der Waals surface area (Å²) >= 11 is 0. The fourth-order valence-corrected chi connectivity index (χ4v) is 5.54. The number of nitrogens with zero attached hydrogens (tertiary/aromatic N) is 1. The normalized spacial score (nSPS) is 13.8. The van der Waals surface area contributed by atoms with E-state index in [1.165, 1.54) is 6.92 Å². The highest BCUT2D eigenvalue weighted by Gasteiger charge is 2.27. The number of likely N-dealkylation sites (tertiary alicyclic amines) is 1. The maximum absolute atomic E-state index is 13.0. The van der Waals surface area contributed by atoms with Crippen LogP contribution in [-0.4, -0.2) is 50.9 Å². The number of ether oxygens (including phenoxy) is 1. The summed E-state index contributed by atoms with van der Waals surface area (Å²) in [4.78, 5) is 38.4. The van der Waals surface area contributed by atoms with Crippen LogP contribution in [0.4, 0.5) is 11.4 Å². The van der Waals surface area contributed by atoms with Gasteiger partial charge in [-0.15, -0.1) is 0 Å². The number of amides is 3. The lowest BCUT2D eigenvalue weighted by atomic mass is 10.0. The van der Waals surface area contributed by atoms with Gasteiger partial charge in [-0.25, -0.2) is 0 Å². The molecule has 32 heavy (non-hydrogen) atoms. The molecule has 0 unspecified atom stereocenters. The van der Waals surface area contributed by atoms with Crippen LogP contribution < -0.4 is 20.6 Å². The third-order valence-electron chi connectivity index (χ3n) is 5.47. The van der Waals surface area contributed by atoms with Gasteiger partial charge in [-0.2, -0.15) is 0 Å². The topological polar surface area (TPSA) is 87.7 Å². The average Bonchev–Trinajstić information content (AvgIpc) is 3.12. The van der Waals surface area contributed by atoms with Crippen molar-refractivity contribution in [3.05, 3.63) is 36.4 Å². The summed E-state index contributed by atoms with van der Waals surface area (Å²) in [5.41, 5.74) is 2.90. The van der Waals surface area contributed by atoms with Crippen molar-refractivity contribution in [2.75, 3.05) is 30.8 Å². The van der Waals surface area contributed by atoms with Crippen LogP contribution in [0.2, 0.25) is 19.6 Å². The van der Waals surface area contributed by atoms with Crippen LogP contribution in [0, 0.1) is 0 Å². The number of benzene rings is 2. The molecule has 8 heteroatoms. The number of rotatable bonds is 7. The summed E-state index contributed by atoms with van der Waals surface area (Å²) in [5, 5.41) is 7.02. The molecule has 0 saturated carbocycles. The van der Waals surface area contributed by atoms with Crippen LogP contribution >= 0.6 is 0 Å². The van der Waals surface area contributed by atoms with Gasteiger partial charge < -0.3 is 20.3 Å². The molecule has 1 heterocycles. The van der Waals surface area contributed by atoms with E-state index in [1.54, 1.807) is 12.0 Å². The van der Waals surface area contributed by atoms with E-state index in [1.807, 2.05) is 36.4 Å². The molecule has 0 radical (unpaired) electrons. The third kappa shape index (κ3) is 5.37. The van der Waals surface area contributed by atoms with Gasteiger partial charge >= 0.3 is 0 Å². The number of anilines is 2. The van der Waals surface area contributed by atoms with E-state index >= 15 is 0 Å². The van der Waals surface area contributed by atoms with Crippen LogP contribution in [-0.2, 0) is 14.4 Å². The molecular formula is C24H31N3O4Si. The van der Waals surface area contributed by atoms with Gasteiger partial charge in [0.25, 0.3) is 0 Å². The highest BCUT2D eigenvalue weighted by molar-refractivity contribution is 6.89. The molecule has 3 rings (SSSR count). The van der Waals surface area contributed by atoms with Crippen molar-refractivity contribution < 1.29 is 19.1 Å². The van der Waals surface area contributed by atoms with E-state index < -0.39 is 8.07 Å². The molecule has 0 bridgehead atoms. The molecule has 1 aliphatic rings. The zero-order valence-corrected chi connectivity index (χ0v) is 20.4. The molecule has 1 aliphatic heterocycles. The van der Waals surface area contributed by atoms with Crippen LogP contribution in [0.5, 0.6) is 5.75 Å². The first-order valence-electron chi connectivity index (χ1n) is 10.8. The second-order valence-electron chi connectivity index (χ2n) is 9.04. The predicted octanol–water partition coefficient (Wildman–Crippen LogP) is 3.43. The SMILES string of the molecule is COc1ccc(-c2c([Si](C)(C)C)ccc(NC(C)=O)c2NC(=O)CN2CCCC2=O)cc1. The van der Waals surface area contributed by atoms with E-state index in [2.05, 4.69) is 30.3 Å². The molecule has 2 aromatic rings. The minimum absolute atomic E-state index is 0.00241. The van der Waals surface area contributed by atoms with Crippen molar-refractivity contribution >= 4 is 42.4 Å². The Balaban J connectivity index is 2.12. The lowest BCUT2D eigenvalue weighted by Crippen LogP contribution is -2.40. The summed E-state index contributed by atoms with van der Waals surface area (Å²) in [6, 6.07) is 11.5. The maximum Gasteiger partial charge on any atom is 0.244 e. The summed E-state index contributed by atoms with van der Waals surface area (Å²) < 4.78 is 5.30. The zero-order chi connectivity index (χ0) is 23.5. The largest absolute Gasteiger partial charge is 0.497 e.